The van der Waals surface area contributed by atoms with Crippen LogP contribution in [-0.4, -0.2) is 45.1 Å². The van der Waals surface area contributed by atoms with Gasteiger partial charge in [-0.05, 0) is 103 Å². The Morgan fingerprint density at radius 2 is 1.94 bits per heavy atom. The van der Waals surface area contributed by atoms with Crippen molar-refractivity contribution in [3.8, 4) is 5.75 Å². The summed E-state index contributed by atoms with van der Waals surface area (Å²) in [5.74, 6) is -1.45. The van der Waals surface area contributed by atoms with Gasteiger partial charge >= 0.3 is 6.09 Å². The highest BCUT2D eigenvalue weighted by atomic mass is 127. The molecule has 9 heteroatoms. The number of nitrogens with zero attached hydrogens (tertiary/aromatic N) is 1. The van der Waals surface area contributed by atoms with E-state index in [-0.39, 0.29) is 8.47 Å². The molecule has 0 aromatic heterocycles. The van der Waals surface area contributed by atoms with E-state index in [1.165, 1.54) is 22.6 Å². The van der Waals surface area contributed by atoms with Crippen molar-refractivity contribution in [3.63, 3.8) is 0 Å². The van der Waals surface area contributed by atoms with Crippen molar-refractivity contribution in [2.45, 2.75) is 43.9 Å². The quantitative estimate of drug-likeness (QED) is 0.542. The normalized spacial score (nSPS) is 34.9. The molecule has 2 aromatic rings. The van der Waals surface area contributed by atoms with Gasteiger partial charge in [-0.2, -0.15) is 0 Å². The molecule has 4 unspecified atom stereocenters. The molecule has 168 valence electrons. The van der Waals surface area contributed by atoms with Gasteiger partial charge in [-0.3, -0.25) is 4.72 Å². The van der Waals surface area contributed by atoms with Crippen LogP contribution in [0, 0.1) is 3.57 Å². The van der Waals surface area contributed by atoms with Gasteiger partial charge in [0.15, 0.2) is 1.41 Å². The molecule has 2 aromatic carbocycles. The lowest BCUT2D eigenvalue weighted by atomic mass is 10.0. The summed E-state index contributed by atoms with van der Waals surface area (Å²) in [5.41, 5.74) is -7.02. The molecule has 4 atom stereocenters. The Bertz CT molecular complexity index is 1830. The first-order chi connectivity index (χ1) is 23.3. The average molecular weight is 580 g/mol. The maximum atomic E-state index is 13.8. The zero-order chi connectivity index (χ0) is 40.6. The summed E-state index contributed by atoms with van der Waals surface area (Å²) in [6, 6.07) is -6.83. The van der Waals surface area contributed by atoms with E-state index in [1.54, 1.807) is 0 Å². The molecule has 0 aliphatic carbocycles. The fraction of sp³-hybridized carbons (Fsp3) is 0.409. The maximum Gasteiger partial charge on any atom is 0.410 e. The molecule has 1 aliphatic heterocycles. The van der Waals surface area contributed by atoms with Gasteiger partial charge in [0.2, 0.25) is 0 Å². The minimum Gasteiger partial charge on any atom is -0.495 e. The van der Waals surface area contributed by atoms with E-state index in [2.05, 4.69) is 0 Å². The van der Waals surface area contributed by atoms with Crippen LogP contribution in [-0.2, 0) is 27.6 Å². The number of carbonyl (C=O) groups excluding carboxylic acids is 1. The third-order valence-electron chi connectivity index (χ3n) is 3.43. The fourth-order valence-electron chi connectivity index (χ4n) is 2.16. The van der Waals surface area contributed by atoms with Crippen LogP contribution < -0.4 is 9.45 Å². The van der Waals surface area contributed by atoms with E-state index in [1.807, 2.05) is 0 Å². The van der Waals surface area contributed by atoms with Crippen LogP contribution in [0.3, 0.4) is 0 Å². The Morgan fingerprint density at radius 3 is 2.55 bits per heavy atom. The van der Waals surface area contributed by atoms with Crippen LogP contribution in [0.2, 0.25) is 1.41 Å². The Labute approximate surface area is 226 Å². The van der Waals surface area contributed by atoms with Crippen LogP contribution in [0.4, 0.5) is 10.5 Å². The van der Waals surface area contributed by atoms with Crippen molar-refractivity contribution in [2.24, 2.45) is 0 Å². The molecular weight excluding hydrogens is 531 g/mol. The number of carbonyl (C=O) groups is 1. The zero-order valence-electron chi connectivity index (χ0n) is 36.2. The van der Waals surface area contributed by atoms with Crippen LogP contribution in [0.25, 0.3) is 0 Å². The lowest BCUT2D eigenvalue weighted by molar-refractivity contribution is 0.0258. The number of nitrogens with one attached hydrogen (secondary N) is 1. The number of rotatable bonds is 4. The Hall–Kier alpha value is -2.01. The van der Waals surface area contributed by atoms with Crippen LogP contribution in [0.1, 0.15) is 59.1 Å². The van der Waals surface area contributed by atoms with E-state index in [0.29, 0.717) is 0 Å². The summed E-state index contributed by atoms with van der Waals surface area (Å²) < 4.78 is 206. The van der Waals surface area contributed by atoms with Gasteiger partial charge in [-0.25, -0.2) is 13.2 Å². The first-order valence-electron chi connectivity index (χ1n) is 19.0. The van der Waals surface area contributed by atoms with Crippen LogP contribution in [0.5, 0.6) is 5.75 Å². The Kier molecular flexibility index (Phi) is 2.50. The van der Waals surface area contributed by atoms with E-state index in [4.69, 9.17) is 38.3 Å². The number of methoxy groups -OCH3 is 1. The molecule has 1 aliphatic rings. The first-order valence-corrected chi connectivity index (χ1v) is 10.5. The van der Waals surface area contributed by atoms with Crippen LogP contribution in [0.15, 0.2) is 41.1 Å². The molecule has 1 heterocycles. The van der Waals surface area contributed by atoms with Gasteiger partial charge in [-0.15, -0.1) is 0 Å². The minimum absolute atomic E-state index is 0.0921. The largest absolute Gasteiger partial charge is 0.495 e. The second-order valence-corrected chi connectivity index (χ2v) is 8.42. The van der Waals surface area contributed by atoms with Crippen molar-refractivity contribution < 1.29 is 51.5 Å². The highest BCUT2D eigenvalue weighted by Gasteiger charge is 2.25. The number of hydrogen-bond donors (Lipinski definition) is 1. The van der Waals surface area contributed by atoms with Crippen molar-refractivity contribution in [2.75, 3.05) is 24.8 Å². The average Bonchev–Trinajstić information content (AvgIpc) is 3.06. The lowest BCUT2D eigenvalue weighted by Crippen LogP contribution is -2.38. The van der Waals surface area contributed by atoms with Crippen molar-refractivity contribution in [3.05, 3.63) is 51.0 Å². The number of amides is 1. The summed E-state index contributed by atoms with van der Waals surface area (Å²) in [6.07, 6.45) is -6.96. The topological polar surface area (TPSA) is 84.9 Å². The molecule has 0 radical (unpaired) electrons. The van der Waals surface area contributed by atoms with Crippen LogP contribution >= 0.6 is 22.6 Å². The Morgan fingerprint density at radius 1 is 1.26 bits per heavy atom. The predicted molar refractivity (Wildman–Crippen MR) is 128 cm³/mol. The lowest BCUT2D eigenvalue weighted by Gasteiger charge is -2.26. The highest BCUT2D eigenvalue weighted by molar-refractivity contribution is 14.1. The number of halogens is 1. The highest BCUT2D eigenvalue weighted by Crippen LogP contribution is 2.32. The second-order valence-electron chi connectivity index (χ2n) is 5.80. The van der Waals surface area contributed by atoms with Crippen molar-refractivity contribution in [1.82, 2.24) is 4.90 Å². The number of anilines is 1. The molecule has 0 saturated carbocycles. The standard InChI is InChI=1S/C22H27IN2O5S/c1-22(2,3)30-21(26)25-11-9-15-13-19(20(29-4)14-16(15)10-12-25)24-31(27,28)18-7-5-17(23)6-8-18/h5-8,13-14,24H,9-12H2,1-4H3/i1D,2D3,3D3,4D3,5D,6D,7D,8D,9D,10D,11D,12D,13D,14D/hD. The van der Waals surface area contributed by atoms with Gasteiger partial charge in [0, 0.05) is 31.7 Å². The second kappa shape index (κ2) is 9.23. The van der Waals surface area contributed by atoms with E-state index >= 15 is 0 Å². The summed E-state index contributed by atoms with van der Waals surface area (Å²) >= 11 is 1.40. The van der Waals surface area contributed by atoms with Gasteiger partial charge in [0.25, 0.3) is 10.0 Å². The monoisotopic (exact) mass is 579 g/mol. The number of hydrogen-bond acceptors (Lipinski definition) is 5. The molecule has 1 amide bonds. The molecular formula is C22H27IN2O5S. The number of sulfonamides is 1. The summed E-state index contributed by atoms with van der Waals surface area (Å²) in [7, 11) is -9.28. The van der Waals surface area contributed by atoms with Gasteiger partial charge in [0.05, 0.1) is 30.0 Å². The predicted octanol–water partition coefficient (Wildman–Crippen LogP) is 4.44. The third kappa shape index (κ3) is 6.03. The minimum atomic E-state index is -5.69. The fourth-order valence-corrected chi connectivity index (χ4v) is 3.25. The molecule has 0 spiro atoms. The molecule has 31 heavy (non-hydrogen) atoms. The third-order valence-corrected chi connectivity index (χ3v) is 5.11. The Balaban J connectivity index is 2.39. The van der Waals surface area contributed by atoms with Gasteiger partial charge in [-0.1, -0.05) is 0 Å². The summed E-state index contributed by atoms with van der Waals surface area (Å²) in [5, 5.41) is 0. The van der Waals surface area contributed by atoms with E-state index < -0.39 is 144 Å². The smallest absolute Gasteiger partial charge is 0.410 e. The molecule has 7 nitrogen and oxygen atoms in total. The number of fused-ring (bicyclic) bond motifs is 1. The van der Waals surface area contributed by atoms with Crippen molar-refractivity contribution >= 4 is 44.4 Å². The SMILES string of the molecule is [2H]CC(OC(=O)N1C([2H])C([2H])c2c([2H])c(OC([2H])([2H])[2H])c(N([2H])S(=O)(=O)c3c([2H])c([2H])c(I)c([2H])c3[2H])c([2H])c2C([2H])C1[2H])(C([2H])([2H])[2H])C([2H])([2H])[2H]. The zero-order valence-corrected chi connectivity index (χ0v) is 18.2. The van der Waals surface area contributed by atoms with E-state index in [9.17, 15) is 13.2 Å². The molecule has 3 rings (SSSR count). The molecule has 1 N–H and O–H groups in total. The maximum absolute atomic E-state index is 13.8. The first kappa shape index (κ1) is 8.40. The van der Waals surface area contributed by atoms with Gasteiger partial charge < -0.3 is 14.4 Å². The van der Waals surface area contributed by atoms with Crippen molar-refractivity contribution in [1.29, 1.82) is 0 Å². The van der Waals surface area contributed by atoms with Gasteiger partial charge in [0.1, 0.15) is 11.4 Å². The molecule has 0 fully saturated rings. The van der Waals surface area contributed by atoms with E-state index in [0.717, 1.165) is 0 Å². The summed E-state index contributed by atoms with van der Waals surface area (Å²) in [4.78, 5) is 11.9. The summed E-state index contributed by atoms with van der Waals surface area (Å²) in [6.45, 7) is -14.1. The molecule has 0 saturated heterocycles. The number of benzene rings is 2. The number of ether oxygens (including phenoxy) is 2. The molecule has 0 bridgehead atoms.